The van der Waals surface area contributed by atoms with Crippen LogP contribution in [0.15, 0.2) is 72.8 Å². The van der Waals surface area contributed by atoms with Gasteiger partial charge in [-0.25, -0.2) is 4.79 Å². The quantitative estimate of drug-likeness (QED) is 0.274. The van der Waals surface area contributed by atoms with Crippen LogP contribution in [-0.4, -0.2) is 61.8 Å². The highest BCUT2D eigenvalue weighted by Gasteiger charge is 2.64. The number of carbonyl (C=O) groups excluding carboxylic acids is 4. The van der Waals surface area contributed by atoms with Gasteiger partial charge in [0.1, 0.15) is 23.5 Å². The molecule has 11 heteroatoms. The number of carboxylic acid groups (broad SMARTS) is 1. The lowest BCUT2D eigenvalue weighted by Crippen LogP contribution is -2.71. The third kappa shape index (κ3) is 4.81. The zero-order valence-corrected chi connectivity index (χ0v) is 21.9. The van der Waals surface area contributed by atoms with Gasteiger partial charge in [0.15, 0.2) is 0 Å². The first-order chi connectivity index (χ1) is 18.6. The Morgan fingerprint density at radius 3 is 2.31 bits per heavy atom. The lowest BCUT2D eigenvalue weighted by Gasteiger charge is -2.44. The van der Waals surface area contributed by atoms with Crippen LogP contribution in [0, 0.1) is 0 Å². The van der Waals surface area contributed by atoms with Crippen molar-refractivity contribution in [3.63, 3.8) is 0 Å². The van der Waals surface area contributed by atoms with E-state index >= 15 is 0 Å². The molecule has 1 unspecified atom stereocenters. The van der Waals surface area contributed by atoms with E-state index < -0.39 is 57.8 Å². The fourth-order valence-electron chi connectivity index (χ4n) is 5.04. The zero-order valence-electron chi connectivity index (χ0n) is 21.1. The molecule has 0 bridgehead atoms. The van der Waals surface area contributed by atoms with Crippen molar-refractivity contribution in [2.75, 3.05) is 5.32 Å². The minimum Gasteiger partial charge on any atom is -0.480 e. The van der Waals surface area contributed by atoms with Crippen LogP contribution >= 0.6 is 11.8 Å². The molecule has 39 heavy (non-hydrogen) atoms. The molecule has 0 aromatic heterocycles. The van der Waals surface area contributed by atoms with Crippen molar-refractivity contribution in [1.82, 2.24) is 15.5 Å². The summed E-state index contributed by atoms with van der Waals surface area (Å²) in [5, 5.41) is 18.5. The number of hydrogen-bond donors (Lipinski definition) is 4. The molecule has 5 rings (SSSR count). The highest BCUT2D eigenvalue weighted by Crippen LogP contribution is 2.50. The molecule has 4 atom stereocenters. The predicted molar refractivity (Wildman–Crippen MR) is 146 cm³/mol. The summed E-state index contributed by atoms with van der Waals surface area (Å²) in [5.74, 6) is -4.30. The van der Waals surface area contributed by atoms with Gasteiger partial charge >= 0.3 is 17.8 Å². The molecule has 2 heterocycles. The van der Waals surface area contributed by atoms with Crippen LogP contribution in [0.1, 0.15) is 25.5 Å². The first kappa shape index (κ1) is 26.2. The van der Waals surface area contributed by atoms with Crippen molar-refractivity contribution in [1.29, 1.82) is 0 Å². The largest absolute Gasteiger partial charge is 0.480 e. The standard InChI is InChI=1S/C28H26N4O6S/c1-28(2)21(27(37)38)32-25(36)20(26(32)39-28)31-22(33)19(16-10-4-3-5-11-16)30-24(35)23(34)29-18-14-8-12-15-9-6-7-13-17(15)18/h3-14,19-21,26H,1-2H3,(H,29,34)(H,30,35)(H,31,33)(H,37,38)/t19?,20-,21+,26-/m1/s1. The highest BCUT2D eigenvalue weighted by atomic mass is 32.2. The molecular formula is C28H26N4O6S. The van der Waals surface area contributed by atoms with E-state index in [2.05, 4.69) is 16.0 Å². The minimum atomic E-state index is -1.27. The topological polar surface area (TPSA) is 145 Å². The Kier molecular flexibility index (Phi) is 6.77. The van der Waals surface area contributed by atoms with Crippen LogP contribution in [0.3, 0.4) is 0 Å². The molecule has 3 aromatic rings. The second-order valence-electron chi connectivity index (χ2n) is 9.88. The van der Waals surface area contributed by atoms with Crippen LogP contribution in [-0.2, 0) is 24.0 Å². The molecule has 10 nitrogen and oxygen atoms in total. The van der Waals surface area contributed by atoms with Gasteiger partial charge in [0, 0.05) is 15.8 Å². The van der Waals surface area contributed by atoms with E-state index in [1.807, 2.05) is 30.3 Å². The van der Waals surface area contributed by atoms with E-state index in [0.717, 1.165) is 10.8 Å². The Bertz CT molecular complexity index is 1490. The second kappa shape index (κ2) is 10.1. The molecule has 0 spiro atoms. The number of anilines is 1. The van der Waals surface area contributed by atoms with E-state index in [4.69, 9.17) is 0 Å². The minimum absolute atomic E-state index is 0.410. The van der Waals surface area contributed by atoms with Crippen molar-refractivity contribution >= 4 is 57.8 Å². The highest BCUT2D eigenvalue weighted by molar-refractivity contribution is 8.01. The summed E-state index contributed by atoms with van der Waals surface area (Å²) in [4.78, 5) is 65.1. The summed E-state index contributed by atoms with van der Waals surface area (Å²) in [5.41, 5.74) is 0.857. The predicted octanol–water partition coefficient (Wildman–Crippen LogP) is 2.27. The summed E-state index contributed by atoms with van der Waals surface area (Å²) in [6.45, 7) is 3.48. The molecule has 2 fully saturated rings. The van der Waals surface area contributed by atoms with Gasteiger partial charge in [0.2, 0.25) is 11.8 Å². The molecule has 2 aliphatic heterocycles. The molecule has 3 aromatic carbocycles. The molecule has 2 aliphatic rings. The van der Waals surface area contributed by atoms with Crippen LogP contribution in [0.25, 0.3) is 10.8 Å². The fourth-order valence-corrected chi connectivity index (χ4v) is 6.66. The Morgan fingerprint density at radius 2 is 1.59 bits per heavy atom. The van der Waals surface area contributed by atoms with E-state index in [0.29, 0.717) is 11.3 Å². The normalized spacial score (nSPS) is 21.8. The first-order valence-electron chi connectivity index (χ1n) is 12.3. The smallest absolute Gasteiger partial charge is 0.327 e. The number of fused-ring (bicyclic) bond motifs is 2. The van der Waals surface area contributed by atoms with Crippen molar-refractivity contribution < 1.29 is 29.1 Å². The van der Waals surface area contributed by atoms with Gasteiger partial charge in [-0.3, -0.25) is 19.2 Å². The van der Waals surface area contributed by atoms with Crippen molar-refractivity contribution in [2.45, 2.75) is 42.1 Å². The second-order valence-corrected chi connectivity index (χ2v) is 11.7. The SMILES string of the molecule is CC1(C)S[C@@H]2[C@H](NC(=O)C(NC(=O)C(=O)Nc3cccc4ccccc34)c3ccccc3)C(=O)N2[C@H]1C(=O)O. The molecular weight excluding hydrogens is 520 g/mol. The van der Waals surface area contributed by atoms with Crippen molar-refractivity contribution in [2.24, 2.45) is 0 Å². The Balaban J connectivity index is 1.32. The van der Waals surface area contributed by atoms with Gasteiger partial charge in [-0.05, 0) is 30.9 Å². The maximum absolute atomic E-state index is 13.4. The van der Waals surface area contributed by atoms with Crippen LogP contribution < -0.4 is 16.0 Å². The monoisotopic (exact) mass is 546 g/mol. The summed E-state index contributed by atoms with van der Waals surface area (Å²) in [6.07, 6.45) is 0. The molecule has 0 radical (unpaired) electrons. The first-order valence-corrected chi connectivity index (χ1v) is 13.1. The molecule has 4 amide bonds. The van der Waals surface area contributed by atoms with Gasteiger partial charge in [0.25, 0.3) is 0 Å². The van der Waals surface area contributed by atoms with Gasteiger partial charge in [-0.2, -0.15) is 0 Å². The molecule has 200 valence electrons. The fraction of sp³-hybridized carbons (Fsp3) is 0.250. The van der Waals surface area contributed by atoms with E-state index in [9.17, 15) is 29.1 Å². The van der Waals surface area contributed by atoms with Gasteiger partial charge in [-0.15, -0.1) is 11.8 Å². The van der Waals surface area contributed by atoms with Crippen LogP contribution in [0.4, 0.5) is 5.69 Å². The lowest BCUT2D eigenvalue weighted by atomic mass is 9.95. The number of β-lactam (4-membered cyclic amide) rings is 1. The zero-order chi connectivity index (χ0) is 27.9. The Labute approximate surface area is 228 Å². The van der Waals surface area contributed by atoms with Crippen molar-refractivity contribution in [3.8, 4) is 0 Å². The average molecular weight is 547 g/mol. The van der Waals surface area contributed by atoms with Crippen LogP contribution in [0.2, 0.25) is 0 Å². The Morgan fingerprint density at radius 1 is 0.923 bits per heavy atom. The average Bonchev–Trinajstić information content (AvgIpc) is 3.18. The summed E-state index contributed by atoms with van der Waals surface area (Å²) in [6, 6.07) is 17.8. The summed E-state index contributed by atoms with van der Waals surface area (Å²) < 4.78 is -0.752. The summed E-state index contributed by atoms with van der Waals surface area (Å²) >= 11 is 1.29. The van der Waals surface area contributed by atoms with Gasteiger partial charge < -0.3 is 26.0 Å². The molecule has 0 saturated carbocycles. The third-order valence-corrected chi connectivity index (χ3v) is 8.46. The van der Waals surface area contributed by atoms with Gasteiger partial charge in [0.05, 0.1) is 0 Å². The number of aliphatic carboxylic acids is 1. The molecule has 2 saturated heterocycles. The maximum Gasteiger partial charge on any atom is 0.327 e. The van der Waals surface area contributed by atoms with Crippen LogP contribution in [0.5, 0.6) is 0 Å². The van der Waals surface area contributed by atoms with E-state index in [-0.39, 0.29) is 0 Å². The number of rotatable bonds is 6. The van der Waals surface area contributed by atoms with Gasteiger partial charge in [-0.1, -0.05) is 66.7 Å². The lowest BCUT2D eigenvalue weighted by molar-refractivity contribution is -0.161. The molecule has 4 N–H and O–H groups in total. The summed E-state index contributed by atoms with van der Waals surface area (Å²) in [7, 11) is 0. The number of amides is 4. The number of benzene rings is 3. The van der Waals surface area contributed by atoms with E-state index in [1.54, 1.807) is 56.3 Å². The van der Waals surface area contributed by atoms with E-state index in [1.165, 1.54) is 16.7 Å². The number of thioether (sulfide) groups is 1. The number of nitrogens with zero attached hydrogens (tertiary/aromatic N) is 1. The Hall–Kier alpha value is -4.38. The number of carbonyl (C=O) groups is 5. The molecule has 0 aliphatic carbocycles. The van der Waals surface area contributed by atoms with Crippen molar-refractivity contribution in [3.05, 3.63) is 78.4 Å². The number of nitrogens with one attached hydrogen (secondary N) is 3. The number of hydrogen-bond acceptors (Lipinski definition) is 6. The third-order valence-electron chi connectivity index (χ3n) is 6.89. The number of carboxylic acids is 1. The maximum atomic E-state index is 13.4.